The molecule has 0 aromatic carbocycles. The van der Waals surface area contributed by atoms with Gasteiger partial charge in [0.2, 0.25) is 11.5 Å². The van der Waals surface area contributed by atoms with E-state index in [1.54, 1.807) is 20.8 Å². The Balaban J connectivity index is 2.19. The Morgan fingerprint density at radius 2 is 1.88 bits per heavy atom. The highest BCUT2D eigenvalue weighted by Crippen LogP contribution is 2.21. The molecule has 0 aliphatic heterocycles. The lowest BCUT2D eigenvalue weighted by Gasteiger charge is -2.10. The molecule has 0 amide bonds. The normalized spacial score (nSPS) is 11.9. The van der Waals surface area contributed by atoms with E-state index in [9.17, 15) is 14.4 Å². The van der Waals surface area contributed by atoms with Crippen LogP contribution in [0.25, 0.3) is 0 Å². The van der Waals surface area contributed by atoms with E-state index in [1.165, 1.54) is 20.1 Å². The zero-order valence-corrected chi connectivity index (χ0v) is 14.1. The molecule has 0 saturated carbocycles. The van der Waals surface area contributed by atoms with Gasteiger partial charge in [0.05, 0.1) is 24.1 Å². The van der Waals surface area contributed by atoms with Crippen LogP contribution in [-0.4, -0.2) is 41.1 Å². The standard InChI is InChI=1S/C16H18N2O6/c1-7-6-11(24-18-7)15(20)23-10(4)14(19)13-8(2)12(9(3)17-13)16(21)22-5/h6,10,17H,1-5H3/t10-/m0/s1. The van der Waals surface area contributed by atoms with Crippen molar-refractivity contribution < 1.29 is 28.4 Å². The van der Waals surface area contributed by atoms with Gasteiger partial charge in [-0.2, -0.15) is 0 Å². The molecule has 8 nitrogen and oxygen atoms in total. The average molecular weight is 334 g/mol. The number of methoxy groups -OCH3 is 1. The second-order valence-electron chi connectivity index (χ2n) is 5.36. The SMILES string of the molecule is COC(=O)c1c(C)[nH]c(C(=O)[C@H](C)OC(=O)c2cc(C)no2)c1C. The number of hydrogen-bond acceptors (Lipinski definition) is 7. The Morgan fingerprint density at radius 1 is 1.21 bits per heavy atom. The first-order valence-corrected chi connectivity index (χ1v) is 7.22. The van der Waals surface area contributed by atoms with Gasteiger partial charge >= 0.3 is 11.9 Å². The average Bonchev–Trinajstić information content (AvgIpc) is 3.09. The second kappa shape index (κ2) is 6.69. The maximum absolute atomic E-state index is 12.5. The lowest BCUT2D eigenvalue weighted by atomic mass is 10.1. The largest absolute Gasteiger partial charge is 0.465 e. The van der Waals surface area contributed by atoms with Gasteiger partial charge in [0.15, 0.2) is 6.10 Å². The molecule has 0 bridgehead atoms. The van der Waals surface area contributed by atoms with Crippen LogP contribution in [0.2, 0.25) is 0 Å². The number of nitrogens with one attached hydrogen (secondary N) is 1. The van der Waals surface area contributed by atoms with E-state index >= 15 is 0 Å². The van der Waals surface area contributed by atoms with Crippen LogP contribution in [0.4, 0.5) is 0 Å². The summed E-state index contributed by atoms with van der Waals surface area (Å²) >= 11 is 0. The Morgan fingerprint density at radius 3 is 2.42 bits per heavy atom. The molecular weight excluding hydrogens is 316 g/mol. The van der Waals surface area contributed by atoms with Crippen molar-refractivity contribution in [1.29, 1.82) is 0 Å². The predicted octanol–water partition coefficient (Wildman–Crippen LogP) is 2.14. The van der Waals surface area contributed by atoms with Gasteiger partial charge in [-0.3, -0.25) is 4.79 Å². The monoisotopic (exact) mass is 334 g/mol. The second-order valence-corrected chi connectivity index (χ2v) is 5.36. The molecule has 24 heavy (non-hydrogen) atoms. The highest BCUT2D eigenvalue weighted by atomic mass is 16.6. The summed E-state index contributed by atoms with van der Waals surface area (Å²) in [5.74, 6) is -1.87. The van der Waals surface area contributed by atoms with Gasteiger partial charge in [-0.25, -0.2) is 9.59 Å². The number of rotatable bonds is 5. The fourth-order valence-corrected chi connectivity index (χ4v) is 2.34. The molecule has 1 N–H and O–H groups in total. The summed E-state index contributed by atoms with van der Waals surface area (Å²) in [7, 11) is 1.26. The van der Waals surface area contributed by atoms with Crippen molar-refractivity contribution in [3.8, 4) is 0 Å². The van der Waals surface area contributed by atoms with E-state index in [4.69, 9.17) is 14.0 Å². The number of carbonyl (C=O) groups excluding carboxylic acids is 3. The van der Waals surface area contributed by atoms with Gasteiger partial charge in [-0.1, -0.05) is 5.16 Å². The molecular formula is C16H18N2O6. The number of aryl methyl sites for hydroxylation is 2. The number of hydrogen-bond donors (Lipinski definition) is 1. The van der Waals surface area contributed by atoms with Crippen molar-refractivity contribution in [3.63, 3.8) is 0 Å². The zero-order chi connectivity index (χ0) is 18.0. The molecule has 0 fully saturated rings. The molecule has 0 radical (unpaired) electrons. The van der Waals surface area contributed by atoms with Gasteiger partial charge < -0.3 is 19.0 Å². The topological polar surface area (TPSA) is 111 Å². The number of Topliss-reactive ketones (excluding diaryl/α,β-unsaturated/α-hetero) is 1. The van der Waals surface area contributed by atoms with E-state index in [0.717, 1.165) is 0 Å². The summed E-state index contributed by atoms with van der Waals surface area (Å²) in [6, 6.07) is 1.42. The molecule has 0 aliphatic rings. The fraction of sp³-hybridized carbons (Fsp3) is 0.375. The number of ketones is 1. The number of aromatic nitrogens is 2. The lowest BCUT2D eigenvalue weighted by Crippen LogP contribution is -2.25. The molecule has 1 atom stereocenters. The van der Waals surface area contributed by atoms with E-state index in [0.29, 0.717) is 22.5 Å². The van der Waals surface area contributed by atoms with Crippen molar-refractivity contribution in [3.05, 3.63) is 40.0 Å². The third-order valence-corrected chi connectivity index (χ3v) is 3.56. The lowest BCUT2D eigenvalue weighted by molar-refractivity contribution is 0.0279. The van der Waals surface area contributed by atoms with Crippen LogP contribution < -0.4 is 0 Å². The number of nitrogens with zero attached hydrogens (tertiary/aromatic N) is 1. The minimum absolute atomic E-state index is 0.0817. The third kappa shape index (κ3) is 3.22. The molecule has 0 aliphatic carbocycles. The van der Waals surface area contributed by atoms with Crippen LogP contribution in [0.3, 0.4) is 0 Å². The first kappa shape index (κ1) is 17.5. The first-order chi connectivity index (χ1) is 11.3. The van der Waals surface area contributed by atoms with Crippen molar-refractivity contribution in [1.82, 2.24) is 10.1 Å². The Kier molecular flexibility index (Phi) is 4.87. The molecule has 8 heteroatoms. The van der Waals surface area contributed by atoms with Crippen molar-refractivity contribution in [2.75, 3.05) is 7.11 Å². The molecule has 2 heterocycles. The number of ether oxygens (including phenoxy) is 2. The van der Waals surface area contributed by atoms with Crippen molar-refractivity contribution in [2.45, 2.75) is 33.8 Å². The number of carbonyl (C=O) groups is 3. The summed E-state index contributed by atoms with van der Waals surface area (Å²) in [4.78, 5) is 39.0. The summed E-state index contributed by atoms with van der Waals surface area (Å²) < 4.78 is 14.6. The van der Waals surface area contributed by atoms with Crippen molar-refractivity contribution in [2.24, 2.45) is 0 Å². The van der Waals surface area contributed by atoms with E-state index in [2.05, 4.69) is 10.1 Å². The van der Waals surface area contributed by atoms with Crippen LogP contribution in [0.15, 0.2) is 10.6 Å². The van der Waals surface area contributed by atoms with Crippen LogP contribution in [0, 0.1) is 20.8 Å². The maximum atomic E-state index is 12.5. The van der Waals surface area contributed by atoms with E-state index in [1.807, 2.05) is 0 Å². The Labute approximate surface area is 138 Å². The smallest absolute Gasteiger partial charge is 0.377 e. The van der Waals surface area contributed by atoms with Gasteiger partial charge in [0.25, 0.3) is 0 Å². The van der Waals surface area contributed by atoms with Crippen molar-refractivity contribution >= 4 is 17.7 Å². The summed E-state index contributed by atoms with van der Waals surface area (Å²) in [6.45, 7) is 6.38. The van der Waals surface area contributed by atoms with E-state index in [-0.39, 0.29) is 11.5 Å². The fourth-order valence-electron chi connectivity index (χ4n) is 2.34. The highest BCUT2D eigenvalue weighted by Gasteiger charge is 2.28. The van der Waals surface area contributed by atoms with Gasteiger partial charge in [-0.15, -0.1) is 0 Å². The molecule has 0 unspecified atom stereocenters. The number of aromatic amines is 1. The quantitative estimate of drug-likeness (QED) is 0.658. The summed E-state index contributed by atoms with van der Waals surface area (Å²) in [6.07, 6.45) is -1.06. The first-order valence-electron chi connectivity index (χ1n) is 7.22. The van der Waals surface area contributed by atoms with Gasteiger partial charge in [0, 0.05) is 11.8 Å². The molecule has 2 aromatic rings. The van der Waals surface area contributed by atoms with E-state index < -0.39 is 23.8 Å². The zero-order valence-electron chi connectivity index (χ0n) is 14.1. The summed E-state index contributed by atoms with van der Waals surface area (Å²) in [5, 5.41) is 3.59. The number of H-pyrrole nitrogens is 1. The predicted molar refractivity (Wildman–Crippen MR) is 82.1 cm³/mol. The Hall–Kier alpha value is -2.90. The number of esters is 2. The molecule has 0 spiro atoms. The molecule has 2 rings (SSSR count). The van der Waals surface area contributed by atoms with Crippen LogP contribution in [0.1, 0.15) is 55.3 Å². The Bertz CT molecular complexity index is 802. The summed E-state index contributed by atoms with van der Waals surface area (Å²) in [5.41, 5.74) is 1.97. The molecule has 128 valence electrons. The highest BCUT2D eigenvalue weighted by molar-refractivity contribution is 6.04. The van der Waals surface area contributed by atoms with Crippen LogP contribution in [-0.2, 0) is 9.47 Å². The van der Waals surface area contributed by atoms with Gasteiger partial charge in [-0.05, 0) is 33.3 Å². The molecule has 0 saturated heterocycles. The molecule has 2 aromatic heterocycles. The minimum Gasteiger partial charge on any atom is -0.465 e. The minimum atomic E-state index is -1.06. The van der Waals surface area contributed by atoms with Gasteiger partial charge in [0.1, 0.15) is 0 Å². The van der Waals surface area contributed by atoms with Crippen LogP contribution >= 0.6 is 0 Å². The third-order valence-electron chi connectivity index (χ3n) is 3.56. The maximum Gasteiger partial charge on any atom is 0.377 e. The van der Waals surface area contributed by atoms with Crippen LogP contribution in [0.5, 0.6) is 0 Å².